The lowest BCUT2D eigenvalue weighted by atomic mass is 10.0. The van der Waals surface area contributed by atoms with E-state index in [2.05, 4.69) is 10.6 Å². The molecular weight excluding hydrogens is 576 g/mol. The van der Waals surface area contributed by atoms with E-state index >= 15 is 0 Å². The van der Waals surface area contributed by atoms with Crippen LogP contribution in [0.1, 0.15) is 11.1 Å². The summed E-state index contributed by atoms with van der Waals surface area (Å²) >= 11 is 0. The predicted octanol–water partition coefficient (Wildman–Crippen LogP) is 9.75. The number of para-hydroxylation sites is 2. The summed E-state index contributed by atoms with van der Waals surface area (Å²) in [5.74, 6) is 0. The first-order valence-electron chi connectivity index (χ1n) is 14.7. The van der Waals surface area contributed by atoms with Crippen molar-refractivity contribution in [1.29, 1.82) is 0 Å². The van der Waals surface area contributed by atoms with E-state index in [-0.39, 0.29) is 21.2 Å². The first-order valence-corrected chi connectivity index (χ1v) is 14.7. The molecule has 228 valence electrons. The fraction of sp³-hybridized carbons (Fsp3) is 0.0526. The Balaban J connectivity index is 0.000000181. The molecule has 0 radical (unpaired) electrons. The van der Waals surface area contributed by atoms with Crippen molar-refractivity contribution in [3.63, 3.8) is 0 Å². The van der Waals surface area contributed by atoms with E-state index < -0.39 is 0 Å². The maximum atomic E-state index is 10.9. The third-order valence-corrected chi connectivity index (χ3v) is 7.23. The standard InChI is InChI=1S/2C19H16N2O2/c2*22-21(23)19-8-4-5-17(13-19)16-11-9-15(10-12-16)14-20-18-6-2-1-3-7-18/h2*1-13,20H,14H2. The molecule has 8 heteroatoms. The molecule has 0 unspecified atom stereocenters. The van der Waals surface area contributed by atoms with Gasteiger partial charge < -0.3 is 10.6 Å². The summed E-state index contributed by atoms with van der Waals surface area (Å²) in [6.45, 7) is 1.47. The summed E-state index contributed by atoms with van der Waals surface area (Å²) in [5.41, 5.74) is 8.32. The third-order valence-electron chi connectivity index (χ3n) is 7.23. The van der Waals surface area contributed by atoms with Gasteiger partial charge in [0, 0.05) is 48.7 Å². The van der Waals surface area contributed by atoms with Crippen molar-refractivity contribution in [3.8, 4) is 22.3 Å². The average Bonchev–Trinajstić information content (AvgIpc) is 3.11. The Labute approximate surface area is 267 Å². The van der Waals surface area contributed by atoms with Crippen LogP contribution in [0, 0.1) is 20.2 Å². The molecule has 2 N–H and O–H groups in total. The van der Waals surface area contributed by atoms with Gasteiger partial charge in [-0.1, -0.05) is 109 Å². The Hall–Kier alpha value is -6.28. The van der Waals surface area contributed by atoms with Crippen LogP contribution < -0.4 is 10.6 Å². The molecule has 6 aromatic carbocycles. The van der Waals surface area contributed by atoms with Gasteiger partial charge in [-0.05, 0) is 57.6 Å². The van der Waals surface area contributed by atoms with E-state index in [1.54, 1.807) is 24.3 Å². The van der Waals surface area contributed by atoms with Crippen LogP contribution >= 0.6 is 0 Å². The normalized spacial score (nSPS) is 10.3. The minimum Gasteiger partial charge on any atom is -0.381 e. The van der Waals surface area contributed by atoms with Crippen LogP contribution in [-0.4, -0.2) is 9.85 Å². The van der Waals surface area contributed by atoms with Crippen LogP contribution in [0.4, 0.5) is 22.7 Å². The molecule has 46 heavy (non-hydrogen) atoms. The summed E-state index contributed by atoms with van der Waals surface area (Å²) in [6, 6.07) is 49.5. The Morgan fingerprint density at radius 2 is 0.783 bits per heavy atom. The lowest BCUT2D eigenvalue weighted by Gasteiger charge is -2.07. The van der Waals surface area contributed by atoms with Crippen LogP contribution in [0.15, 0.2) is 158 Å². The summed E-state index contributed by atoms with van der Waals surface area (Å²) < 4.78 is 0. The number of nitro groups is 2. The second kappa shape index (κ2) is 15.4. The smallest absolute Gasteiger partial charge is 0.270 e. The van der Waals surface area contributed by atoms with E-state index in [4.69, 9.17) is 0 Å². The molecule has 6 rings (SSSR count). The van der Waals surface area contributed by atoms with Gasteiger partial charge in [-0.15, -0.1) is 0 Å². The maximum absolute atomic E-state index is 10.9. The number of benzene rings is 6. The van der Waals surface area contributed by atoms with Gasteiger partial charge in [0.1, 0.15) is 0 Å². The zero-order chi connectivity index (χ0) is 32.1. The largest absolute Gasteiger partial charge is 0.381 e. The van der Waals surface area contributed by atoms with Crippen LogP contribution in [0.5, 0.6) is 0 Å². The molecule has 0 saturated carbocycles. The molecule has 0 saturated heterocycles. The number of nitro benzene ring substituents is 2. The van der Waals surface area contributed by atoms with Crippen molar-refractivity contribution in [2.24, 2.45) is 0 Å². The quantitative estimate of drug-likeness (QED) is 0.118. The maximum Gasteiger partial charge on any atom is 0.270 e. The Kier molecular flexibility index (Phi) is 10.5. The van der Waals surface area contributed by atoms with Crippen molar-refractivity contribution in [2.75, 3.05) is 10.6 Å². The summed E-state index contributed by atoms with van der Waals surface area (Å²) in [5, 5.41) is 28.4. The molecule has 0 aromatic heterocycles. The molecule has 8 nitrogen and oxygen atoms in total. The van der Waals surface area contributed by atoms with Gasteiger partial charge in [0.05, 0.1) is 9.85 Å². The highest BCUT2D eigenvalue weighted by molar-refractivity contribution is 5.67. The molecule has 0 amide bonds. The topological polar surface area (TPSA) is 110 Å². The summed E-state index contributed by atoms with van der Waals surface area (Å²) in [4.78, 5) is 21.0. The number of non-ortho nitro benzene ring substituents is 2. The van der Waals surface area contributed by atoms with Crippen molar-refractivity contribution in [3.05, 3.63) is 189 Å². The SMILES string of the molecule is O=[N+]([O-])c1cccc(-c2ccc(CNc3ccccc3)cc2)c1.O=[N+]([O-])c1cccc(-c2ccc(CNc3ccccc3)cc2)c1. The van der Waals surface area contributed by atoms with Gasteiger partial charge in [0.15, 0.2) is 0 Å². The first-order chi connectivity index (χ1) is 22.4. The van der Waals surface area contributed by atoms with Crippen molar-refractivity contribution in [1.82, 2.24) is 0 Å². The highest BCUT2D eigenvalue weighted by atomic mass is 16.6. The molecule has 0 aliphatic carbocycles. The minimum absolute atomic E-state index is 0.109. The monoisotopic (exact) mass is 608 g/mol. The van der Waals surface area contributed by atoms with Crippen LogP contribution in [0.25, 0.3) is 22.3 Å². The molecule has 6 aromatic rings. The van der Waals surface area contributed by atoms with Crippen LogP contribution in [0.2, 0.25) is 0 Å². The lowest BCUT2D eigenvalue weighted by Crippen LogP contribution is -1.98. The van der Waals surface area contributed by atoms with Crippen molar-refractivity contribution >= 4 is 22.7 Å². The second-order valence-corrected chi connectivity index (χ2v) is 10.4. The second-order valence-electron chi connectivity index (χ2n) is 10.4. The summed E-state index contributed by atoms with van der Waals surface area (Å²) in [7, 11) is 0. The Morgan fingerprint density at radius 3 is 1.13 bits per heavy atom. The number of rotatable bonds is 10. The fourth-order valence-corrected chi connectivity index (χ4v) is 4.75. The Bertz CT molecular complexity index is 1740. The number of anilines is 2. The van der Waals surface area contributed by atoms with Crippen LogP contribution in [0.3, 0.4) is 0 Å². The van der Waals surface area contributed by atoms with E-state index in [0.717, 1.165) is 57.8 Å². The summed E-state index contributed by atoms with van der Waals surface area (Å²) in [6.07, 6.45) is 0. The molecule has 0 atom stereocenters. The van der Waals surface area contributed by atoms with Gasteiger partial charge in [-0.2, -0.15) is 0 Å². The fourth-order valence-electron chi connectivity index (χ4n) is 4.75. The van der Waals surface area contributed by atoms with Gasteiger partial charge >= 0.3 is 0 Å². The zero-order valence-electron chi connectivity index (χ0n) is 25.0. The Morgan fingerprint density at radius 1 is 0.413 bits per heavy atom. The predicted molar refractivity (Wildman–Crippen MR) is 185 cm³/mol. The zero-order valence-corrected chi connectivity index (χ0v) is 25.0. The van der Waals surface area contributed by atoms with Gasteiger partial charge in [-0.25, -0.2) is 0 Å². The third kappa shape index (κ3) is 8.87. The highest BCUT2D eigenvalue weighted by Gasteiger charge is 2.08. The molecule has 0 aliphatic heterocycles. The molecular formula is C38H32N4O4. The number of nitrogens with zero attached hydrogens (tertiary/aromatic N) is 2. The van der Waals surface area contributed by atoms with Crippen LogP contribution in [-0.2, 0) is 13.1 Å². The van der Waals surface area contributed by atoms with Gasteiger partial charge in [0.2, 0.25) is 0 Å². The molecule has 0 fully saturated rings. The number of hydrogen-bond donors (Lipinski definition) is 2. The molecule has 0 spiro atoms. The number of hydrogen-bond acceptors (Lipinski definition) is 6. The van der Waals surface area contributed by atoms with E-state index in [9.17, 15) is 20.2 Å². The molecule has 0 heterocycles. The minimum atomic E-state index is -0.373. The first kappa shape index (κ1) is 31.2. The highest BCUT2D eigenvalue weighted by Crippen LogP contribution is 2.25. The number of nitrogens with one attached hydrogen (secondary N) is 2. The van der Waals surface area contributed by atoms with Crippen molar-refractivity contribution in [2.45, 2.75) is 13.1 Å². The molecule has 0 bridgehead atoms. The van der Waals surface area contributed by atoms with Gasteiger partial charge in [-0.3, -0.25) is 20.2 Å². The average molecular weight is 609 g/mol. The van der Waals surface area contributed by atoms with E-state index in [1.165, 1.54) is 12.1 Å². The van der Waals surface area contributed by atoms with E-state index in [0.29, 0.717) is 0 Å². The van der Waals surface area contributed by atoms with E-state index in [1.807, 2.05) is 121 Å². The molecule has 0 aliphatic rings. The van der Waals surface area contributed by atoms with Crippen molar-refractivity contribution < 1.29 is 9.85 Å². The lowest BCUT2D eigenvalue weighted by molar-refractivity contribution is -0.385. The van der Waals surface area contributed by atoms with Gasteiger partial charge in [0.25, 0.3) is 11.4 Å².